The Hall–Kier alpha value is -1.31. The molecule has 0 aliphatic heterocycles. The van der Waals surface area contributed by atoms with Gasteiger partial charge in [0.2, 0.25) is 0 Å². The van der Waals surface area contributed by atoms with Crippen molar-refractivity contribution in [2.45, 2.75) is 58.3 Å². The molecule has 2 heteroatoms. The number of benzene rings is 1. The Kier molecular flexibility index (Phi) is 7.24. The monoisotopic (exact) mass is 262 g/mol. The maximum Gasteiger partial charge on any atom is 0.306 e. The highest BCUT2D eigenvalue weighted by Crippen LogP contribution is 2.30. The van der Waals surface area contributed by atoms with Crippen LogP contribution in [0.15, 0.2) is 30.3 Å². The van der Waals surface area contributed by atoms with Gasteiger partial charge in [0.25, 0.3) is 0 Å². The molecule has 0 aliphatic carbocycles. The molecule has 1 rings (SSSR count). The molecule has 0 saturated carbocycles. The number of carboxylic acids is 1. The fourth-order valence-corrected chi connectivity index (χ4v) is 2.55. The van der Waals surface area contributed by atoms with Gasteiger partial charge in [0.15, 0.2) is 0 Å². The molecule has 106 valence electrons. The van der Waals surface area contributed by atoms with Crippen LogP contribution in [0.5, 0.6) is 0 Å². The summed E-state index contributed by atoms with van der Waals surface area (Å²) < 4.78 is 0. The van der Waals surface area contributed by atoms with Crippen molar-refractivity contribution in [2.24, 2.45) is 5.92 Å². The van der Waals surface area contributed by atoms with Crippen LogP contribution in [0, 0.1) is 5.92 Å². The number of rotatable bonds is 9. The first-order valence-corrected chi connectivity index (χ1v) is 7.44. The lowest BCUT2D eigenvalue weighted by atomic mass is 9.83. The van der Waals surface area contributed by atoms with Gasteiger partial charge in [-0.05, 0) is 17.9 Å². The molecule has 0 heterocycles. The lowest BCUT2D eigenvalue weighted by Gasteiger charge is -2.21. The van der Waals surface area contributed by atoms with Crippen molar-refractivity contribution in [2.75, 3.05) is 0 Å². The van der Waals surface area contributed by atoms with Gasteiger partial charge in [-0.15, -0.1) is 0 Å². The highest BCUT2D eigenvalue weighted by atomic mass is 16.4. The molecule has 2 atom stereocenters. The number of unbranched alkanes of at least 4 members (excludes halogenated alkanes) is 4. The summed E-state index contributed by atoms with van der Waals surface area (Å²) in [5, 5.41) is 9.25. The van der Waals surface area contributed by atoms with E-state index in [2.05, 4.69) is 19.1 Å². The van der Waals surface area contributed by atoms with Gasteiger partial charge in [-0.1, -0.05) is 76.3 Å². The summed E-state index contributed by atoms with van der Waals surface area (Å²) >= 11 is 0. The van der Waals surface area contributed by atoms with Gasteiger partial charge in [0, 0.05) is 0 Å². The highest BCUT2D eigenvalue weighted by molar-refractivity contribution is 5.70. The Labute approximate surface area is 116 Å². The first-order valence-electron chi connectivity index (χ1n) is 7.44. The van der Waals surface area contributed by atoms with E-state index in [1.165, 1.54) is 25.7 Å². The van der Waals surface area contributed by atoms with Gasteiger partial charge in [-0.2, -0.15) is 0 Å². The SMILES string of the molecule is CCCCCCCC(c1ccccc1)C(C)C(=O)O. The summed E-state index contributed by atoms with van der Waals surface area (Å²) in [7, 11) is 0. The fraction of sp³-hybridized carbons (Fsp3) is 0.588. The normalized spacial score (nSPS) is 14.0. The van der Waals surface area contributed by atoms with Crippen molar-refractivity contribution >= 4 is 5.97 Å². The zero-order chi connectivity index (χ0) is 14.1. The maximum absolute atomic E-state index is 11.2. The first-order chi connectivity index (χ1) is 9.16. The number of hydrogen-bond donors (Lipinski definition) is 1. The number of hydrogen-bond acceptors (Lipinski definition) is 1. The largest absolute Gasteiger partial charge is 0.481 e. The number of carbonyl (C=O) groups is 1. The third-order valence-corrected chi connectivity index (χ3v) is 3.84. The summed E-state index contributed by atoms with van der Waals surface area (Å²) in [6.07, 6.45) is 7.10. The number of aliphatic carboxylic acids is 1. The molecule has 1 aromatic rings. The molecule has 0 saturated heterocycles. The van der Waals surface area contributed by atoms with E-state index in [1.54, 1.807) is 0 Å². The molecule has 19 heavy (non-hydrogen) atoms. The lowest BCUT2D eigenvalue weighted by Crippen LogP contribution is -2.19. The minimum absolute atomic E-state index is 0.139. The smallest absolute Gasteiger partial charge is 0.306 e. The Morgan fingerprint density at radius 3 is 2.32 bits per heavy atom. The predicted molar refractivity (Wildman–Crippen MR) is 79.4 cm³/mol. The van der Waals surface area contributed by atoms with Crippen molar-refractivity contribution in [1.82, 2.24) is 0 Å². The molecule has 1 N–H and O–H groups in total. The van der Waals surface area contributed by atoms with Crippen molar-refractivity contribution in [1.29, 1.82) is 0 Å². The van der Waals surface area contributed by atoms with E-state index >= 15 is 0 Å². The Bertz CT molecular complexity index is 359. The molecule has 0 fully saturated rings. The number of carboxylic acid groups (broad SMARTS) is 1. The Balaban J connectivity index is 2.58. The van der Waals surface area contributed by atoms with Crippen LogP contribution >= 0.6 is 0 Å². The van der Waals surface area contributed by atoms with Gasteiger partial charge >= 0.3 is 5.97 Å². The fourth-order valence-electron chi connectivity index (χ4n) is 2.55. The maximum atomic E-state index is 11.2. The summed E-state index contributed by atoms with van der Waals surface area (Å²) in [5.41, 5.74) is 1.16. The van der Waals surface area contributed by atoms with Crippen LogP contribution in [-0.2, 0) is 4.79 Å². The van der Waals surface area contributed by atoms with Gasteiger partial charge in [-0.25, -0.2) is 0 Å². The minimum atomic E-state index is -0.692. The second kappa shape index (κ2) is 8.73. The van der Waals surface area contributed by atoms with E-state index in [4.69, 9.17) is 0 Å². The molecule has 0 amide bonds. The average molecular weight is 262 g/mol. The van der Waals surface area contributed by atoms with Gasteiger partial charge in [0.1, 0.15) is 0 Å². The van der Waals surface area contributed by atoms with Crippen molar-refractivity contribution in [3.05, 3.63) is 35.9 Å². The van der Waals surface area contributed by atoms with Crippen LogP contribution in [-0.4, -0.2) is 11.1 Å². The van der Waals surface area contributed by atoms with Crippen LogP contribution < -0.4 is 0 Å². The summed E-state index contributed by atoms with van der Waals surface area (Å²) in [4.78, 5) is 11.2. The summed E-state index contributed by atoms with van der Waals surface area (Å²) in [6, 6.07) is 10.1. The van der Waals surface area contributed by atoms with E-state index in [9.17, 15) is 9.90 Å². The third kappa shape index (κ3) is 5.46. The predicted octanol–water partition coefficient (Wildman–Crippen LogP) is 4.85. The molecule has 0 radical (unpaired) electrons. The molecule has 0 bridgehead atoms. The summed E-state index contributed by atoms with van der Waals surface area (Å²) in [6.45, 7) is 4.03. The van der Waals surface area contributed by atoms with Gasteiger partial charge in [0.05, 0.1) is 5.92 Å². The Morgan fingerprint density at radius 1 is 1.11 bits per heavy atom. The van der Waals surface area contributed by atoms with Crippen LogP contribution in [0.2, 0.25) is 0 Å². The molecular formula is C17H26O2. The molecule has 0 spiro atoms. The topological polar surface area (TPSA) is 37.3 Å². The zero-order valence-electron chi connectivity index (χ0n) is 12.1. The van der Waals surface area contributed by atoms with Gasteiger partial charge < -0.3 is 5.11 Å². The van der Waals surface area contributed by atoms with E-state index in [1.807, 2.05) is 25.1 Å². The van der Waals surface area contributed by atoms with Crippen LogP contribution in [0.4, 0.5) is 0 Å². The second-order valence-corrected chi connectivity index (χ2v) is 5.35. The third-order valence-electron chi connectivity index (χ3n) is 3.84. The highest BCUT2D eigenvalue weighted by Gasteiger charge is 2.24. The molecule has 0 aromatic heterocycles. The lowest BCUT2D eigenvalue weighted by molar-refractivity contribution is -0.142. The van der Waals surface area contributed by atoms with E-state index < -0.39 is 5.97 Å². The van der Waals surface area contributed by atoms with Crippen LogP contribution in [0.25, 0.3) is 0 Å². The zero-order valence-corrected chi connectivity index (χ0v) is 12.1. The van der Waals surface area contributed by atoms with E-state index in [0.717, 1.165) is 18.4 Å². The molecule has 2 unspecified atom stereocenters. The molecule has 0 aliphatic rings. The molecular weight excluding hydrogens is 236 g/mol. The van der Waals surface area contributed by atoms with Crippen LogP contribution in [0.3, 0.4) is 0 Å². The first kappa shape index (κ1) is 15.7. The quantitative estimate of drug-likeness (QED) is 0.646. The second-order valence-electron chi connectivity index (χ2n) is 5.35. The Morgan fingerprint density at radius 2 is 1.74 bits per heavy atom. The van der Waals surface area contributed by atoms with E-state index in [-0.39, 0.29) is 11.8 Å². The minimum Gasteiger partial charge on any atom is -0.481 e. The van der Waals surface area contributed by atoms with Crippen molar-refractivity contribution in [3.63, 3.8) is 0 Å². The average Bonchev–Trinajstić information content (AvgIpc) is 2.43. The van der Waals surface area contributed by atoms with Crippen LogP contribution in [0.1, 0.15) is 63.9 Å². The molecule has 2 nitrogen and oxygen atoms in total. The van der Waals surface area contributed by atoms with E-state index in [0.29, 0.717) is 0 Å². The van der Waals surface area contributed by atoms with Crippen molar-refractivity contribution < 1.29 is 9.90 Å². The van der Waals surface area contributed by atoms with Gasteiger partial charge in [-0.3, -0.25) is 4.79 Å². The summed E-state index contributed by atoms with van der Waals surface area (Å²) in [5.74, 6) is -0.865. The standard InChI is InChI=1S/C17H26O2/c1-3-4-5-6-10-13-16(14(2)17(18)19)15-11-8-7-9-12-15/h7-9,11-12,14,16H,3-6,10,13H2,1-2H3,(H,18,19). The van der Waals surface area contributed by atoms with Crippen molar-refractivity contribution in [3.8, 4) is 0 Å². The molecule has 1 aromatic carbocycles.